The van der Waals surface area contributed by atoms with Gasteiger partial charge in [0.25, 0.3) is 0 Å². The zero-order chi connectivity index (χ0) is 12.6. The highest BCUT2D eigenvalue weighted by molar-refractivity contribution is 6.01. The Morgan fingerprint density at radius 1 is 1.29 bits per heavy atom. The normalized spacial score (nSPS) is 10.5. The van der Waals surface area contributed by atoms with Gasteiger partial charge in [-0.3, -0.25) is 4.79 Å². The van der Waals surface area contributed by atoms with Crippen LogP contribution in [0, 0.1) is 0 Å². The summed E-state index contributed by atoms with van der Waals surface area (Å²) in [5.74, 6) is -0.326. The second-order valence-electron chi connectivity index (χ2n) is 4.31. The van der Waals surface area contributed by atoms with E-state index in [0.29, 0.717) is 11.0 Å². The van der Waals surface area contributed by atoms with E-state index in [0.717, 1.165) is 5.56 Å². The molecule has 1 aromatic carbocycles. The molecule has 0 saturated carbocycles. The van der Waals surface area contributed by atoms with Crippen LogP contribution < -0.4 is 0 Å². The molecule has 0 unspecified atom stereocenters. The van der Waals surface area contributed by atoms with E-state index in [4.69, 9.17) is 4.42 Å². The number of benzene rings is 1. The minimum absolute atomic E-state index is 0.0225. The Balaban J connectivity index is 2.65. The van der Waals surface area contributed by atoms with Gasteiger partial charge >= 0.3 is 0 Å². The van der Waals surface area contributed by atoms with Gasteiger partial charge in [-0.05, 0) is 31.5 Å². The van der Waals surface area contributed by atoms with E-state index in [1.54, 1.807) is 6.07 Å². The van der Waals surface area contributed by atoms with Gasteiger partial charge in [0.05, 0.1) is 5.39 Å². The van der Waals surface area contributed by atoms with Gasteiger partial charge in [-0.25, -0.2) is 0 Å². The fourth-order valence-electron chi connectivity index (χ4n) is 1.76. The maximum absolute atomic E-state index is 11.2. The van der Waals surface area contributed by atoms with Crippen LogP contribution in [0.3, 0.4) is 0 Å². The summed E-state index contributed by atoms with van der Waals surface area (Å²) in [7, 11) is 0. The molecule has 0 aliphatic heterocycles. The zero-order valence-corrected chi connectivity index (χ0v) is 10.1. The van der Waals surface area contributed by atoms with Crippen LogP contribution in [0.25, 0.3) is 17.0 Å². The molecule has 2 rings (SSSR count). The average Bonchev–Trinajstić information content (AvgIpc) is 2.56. The SMILES string of the molecule is CC(=O)c1oc2ccc(C=C(C)C)cc2c1O. The van der Waals surface area contributed by atoms with Gasteiger partial charge in [-0.15, -0.1) is 0 Å². The lowest BCUT2D eigenvalue weighted by molar-refractivity contribution is 0.0985. The van der Waals surface area contributed by atoms with Crippen molar-refractivity contribution < 1.29 is 14.3 Å². The number of aromatic hydroxyl groups is 1. The third kappa shape index (κ3) is 2.09. The van der Waals surface area contributed by atoms with E-state index in [9.17, 15) is 9.90 Å². The molecule has 88 valence electrons. The average molecular weight is 230 g/mol. The van der Waals surface area contributed by atoms with Crippen molar-refractivity contribution >= 4 is 22.8 Å². The van der Waals surface area contributed by atoms with E-state index in [1.807, 2.05) is 32.1 Å². The highest BCUT2D eigenvalue weighted by Gasteiger charge is 2.16. The van der Waals surface area contributed by atoms with E-state index in [1.165, 1.54) is 12.5 Å². The summed E-state index contributed by atoms with van der Waals surface area (Å²) in [5, 5.41) is 10.5. The van der Waals surface area contributed by atoms with Gasteiger partial charge in [0.2, 0.25) is 5.76 Å². The van der Waals surface area contributed by atoms with Gasteiger partial charge in [-0.1, -0.05) is 17.7 Å². The van der Waals surface area contributed by atoms with Crippen LogP contribution in [0.5, 0.6) is 5.75 Å². The van der Waals surface area contributed by atoms with Crippen LogP contribution in [0.2, 0.25) is 0 Å². The van der Waals surface area contributed by atoms with Crippen molar-refractivity contribution in [2.24, 2.45) is 0 Å². The summed E-state index contributed by atoms with van der Waals surface area (Å²) in [6, 6.07) is 5.46. The maximum Gasteiger partial charge on any atom is 0.212 e. The number of ketones is 1. The number of carbonyl (C=O) groups excluding carboxylic acids is 1. The number of furan rings is 1. The lowest BCUT2D eigenvalue weighted by Crippen LogP contribution is -1.87. The molecule has 0 radical (unpaired) electrons. The van der Waals surface area contributed by atoms with E-state index >= 15 is 0 Å². The Morgan fingerprint density at radius 2 is 2.00 bits per heavy atom. The van der Waals surface area contributed by atoms with E-state index < -0.39 is 0 Å². The molecule has 0 saturated heterocycles. The topological polar surface area (TPSA) is 50.4 Å². The number of hydrogen-bond acceptors (Lipinski definition) is 3. The number of carbonyl (C=O) groups is 1. The summed E-state index contributed by atoms with van der Waals surface area (Å²) in [6.45, 7) is 5.37. The van der Waals surface area contributed by atoms with E-state index in [2.05, 4.69) is 0 Å². The smallest absolute Gasteiger partial charge is 0.212 e. The Hall–Kier alpha value is -2.03. The molecule has 0 bridgehead atoms. The first-order valence-electron chi connectivity index (χ1n) is 5.40. The Kier molecular flexibility index (Phi) is 2.76. The van der Waals surface area contributed by atoms with Gasteiger partial charge in [0.1, 0.15) is 5.58 Å². The van der Waals surface area contributed by atoms with Crippen LogP contribution in [0.4, 0.5) is 0 Å². The summed E-state index contributed by atoms with van der Waals surface area (Å²) in [5.41, 5.74) is 2.67. The zero-order valence-electron chi connectivity index (χ0n) is 10.1. The second-order valence-corrected chi connectivity index (χ2v) is 4.31. The van der Waals surface area contributed by atoms with Crippen molar-refractivity contribution in [3.05, 3.63) is 35.1 Å². The second kappa shape index (κ2) is 4.09. The first kappa shape index (κ1) is 11.5. The summed E-state index contributed by atoms with van der Waals surface area (Å²) >= 11 is 0. The van der Waals surface area contributed by atoms with Gasteiger partial charge < -0.3 is 9.52 Å². The van der Waals surface area contributed by atoms with Crippen molar-refractivity contribution in [3.63, 3.8) is 0 Å². The predicted molar refractivity (Wildman–Crippen MR) is 67.2 cm³/mol. The minimum atomic E-state index is -0.275. The monoisotopic (exact) mass is 230 g/mol. The van der Waals surface area contributed by atoms with Crippen molar-refractivity contribution in [1.29, 1.82) is 0 Å². The van der Waals surface area contributed by atoms with Crippen LogP contribution in [0.1, 0.15) is 36.9 Å². The quantitative estimate of drug-likeness (QED) is 0.799. The molecule has 1 heterocycles. The number of Topliss-reactive ketones (excluding diaryl/α,β-unsaturated/α-hetero) is 1. The van der Waals surface area contributed by atoms with Crippen molar-refractivity contribution in [2.75, 3.05) is 0 Å². The molecule has 3 nitrogen and oxygen atoms in total. The highest BCUT2D eigenvalue weighted by atomic mass is 16.4. The summed E-state index contributed by atoms with van der Waals surface area (Å²) in [4.78, 5) is 11.2. The fourth-order valence-corrected chi connectivity index (χ4v) is 1.76. The molecule has 3 heteroatoms. The van der Waals surface area contributed by atoms with Crippen molar-refractivity contribution in [3.8, 4) is 5.75 Å². The molecule has 17 heavy (non-hydrogen) atoms. The standard InChI is InChI=1S/C14H14O3/c1-8(2)6-10-4-5-12-11(7-10)13(16)14(17-12)9(3)15/h4-7,16H,1-3H3. The summed E-state index contributed by atoms with van der Waals surface area (Å²) < 4.78 is 5.30. The first-order chi connectivity index (χ1) is 7.99. The largest absolute Gasteiger partial charge is 0.504 e. The molecule has 0 atom stereocenters. The Bertz CT molecular complexity index is 614. The first-order valence-corrected chi connectivity index (χ1v) is 5.40. The minimum Gasteiger partial charge on any atom is -0.504 e. The van der Waals surface area contributed by atoms with Crippen LogP contribution in [-0.4, -0.2) is 10.9 Å². The molecule has 1 N–H and O–H groups in total. The maximum atomic E-state index is 11.2. The summed E-state index contributed by atoms with van der Waals surface area (Å²) in [6.07, 6.45) is 2.00. The lowest BCUT2D eigenvalue weighted by atomic mass is 10.1. The molecule has 0 aliphatic rings. The molecule has 0 spiro atoms. The number of rotatable bonds is 2. The van der Waals surface area contributed by atoms with Crippen LogP contribution in [0.15, 0.2) is 28.2 Å². The highest BCUT2D eigenvalue weighted by Crippen LogP contribution is 2.33. The molecule has 0 amide bonds. The number of allylic oxidation sites excluding steroid dienone is 1. The van der Waals surface area contributed by atoms with Crippen LogP contribution in [-0.2, 0) is 0 Å². The Morgan fingerprint density at radius 3 is 2.59 bits per heavy atom. The molecule has 0 aliphatic carbocycles. The fraction of sp³-hybridized carbons (Fsp3) is 0.214. The molecular formula is C14H14O3. The molecular weight excluding hydrogens is 216 g/mol. The predicted octanol–water partition coefficient (Wildman–Crippen LogP) is 3.76. The van der Waals surface area contributed by atoms with Gasteiger partial charge in [-0.2, -0.15) is 0 Å². The molecule has 0 fully saturated rings. The number of fused-ring (bicyclic) bond motifs is 1. The van der Waals surface area contributed by atoms with E-state index in [-0.39, 0.29) is 17.3 Å². The Labute approximate surface area is 99.4 Å². The third-order valence-corrected chi connectivity index (χ3v) is 2.46. The van der Waals surface area contributed by atoms with Crippen molar-refractivity contribution in [2.45, 2.75) is 20.8 Å². The molecule has 2 aromatic rings. The number of hydrogen-bond donors (Lipinski definition) is 1. The lowest BCUT2D eigenvalue weighted by Gasteiger charge is -1.95. The van der Waals surface area contributed by atoms with Crippen molar-refractivity contribution in [1.82, 2.24) is 0 Å². The van der Waals surface area contributed by atoms with Gasteiger partial charge in [0, 0.05) is 6.92 Å². The van der Waals surface area contributed by atoms with Crippen LogP contribution >= 0.6 is 0 Å². The van der Waals surface area contributed by atoms with Gasteiger partial charge in [0.15, 0.2) is 11.5 Å². The molecule has 1 aromatic heterocycles. The third-order valence-electron chi connectivity index (χ3n) is 2.46.